The number of thiazole rings is 1. The van der Waals surface area contributed by atoms with Gasteiger partial charge in [-0.2, -0.15) is 0 Å². The molecule has 2 aromatic rings. The molecule has 0 saturated heterocycles. The van der Waals surface area contributed by atoms with Crippen LogP contribution in [0.5, 0.6) is 0 Å². The van der Waals surface area contributed by atoms with Crippen LogP contribution in [0, 0.1) is 6.92 Å². The van der Waals surface area contributed by atoms with Crippen LogP contribution in [-0.2, 0) is 10.0 Å². The van der Waals surface area contributed by atoms with Crippen LogP contribution >= 0.6 is 34.5 Å². The van der Waals surface area contributed by atoms with Crippen molar-refractivity contribution in [3.05, 3.63) is 33.9 Å². The molecule has 1 aromatic heterocycles. The maximum atomic E-state index is 12.2. The van der Waals surface area contributed by atoms with Gasteiger partial charge in [0.05, 0.1) is 16.4 Å². The number of nitrogens with zero attached hydrogens (tertiary/aromatic N) is 1. The Morgan fingerprint density at radius 2 is 2.05 bits per heavy atom. The van der Waals surface area contributed by atoms with Gasteiger partial charge in [0.25, 0.3) is 10.0 Å². The summed E-state index contributed by atoms with van der Waals surface area (Å²) in [5, 5.41) is 0.831. The van der Waals surface area contributed by atoms with E-state index in [-0.39, 0.29) is 20.1 Å². The van der Waals surface area contributed by atoms with Crippen molar-refractivity contribution in [1.82, 2.24) is 4.98 Å². The Labute approximate surface area is 124 Å². The average molecular weight is 338 g/mol. The highest BCUT2D eigenvalue weighted by Crippen LogP contribution is 2.30. The highest BCUT2D eigenvalue weighted by Gasteiger charge is 2.22. The predicted molar refractivity (Wildman–Crippen MR) is 78.5 cm³/mol. The van der Waals surface area contributed by atoms with Crippen LogP contribution in [0.15, 0.2) is 22.4 Å². The fraction of sp³-hybridized carbons (Fsp3) is 0.100. The van der Waals surface area contributed by atoms with Crippen molar-refractivity contribution in [2.24, 2.45) is 0 Å². The highest BCUT2D eigenvalue weighted by atomic mass is 35.5. The van der Waals surface area contributed by atoms with Gasteiger partial charge in [0, 0.05) is 5.02 Å². The number of halogens is 2. The average Bonchev–Trinajstić information content (AvgIpc) is 2.63. The van der Waals surface area contributed by atoms with Crippen molar-refractivity contribution >= 4 is 55.4 Å². The van der Waals surface area contributed by atoms with Gasteiger partial charge in [-0.1, -0.05) is 34.5 Å². The third kappa shape index (κ3) is 3.11. The van der Waals surface area contributed by atoms with Crippen LogP contribution in [0.25, 0.3) is 0 Å². The first-order valence-electron chi connectivity index (χ1n) is 5.00. The maximum Gasteiger partial charge on any atom is 0.273 e. The van der Waals surface area contributed by atoms with Crippen LogP contribution in [-0.4, -0.2) is 13.4 Å². The lowest BCUT2D eigenvalue weighted by atomic mass is 10.3. The number of nitrogen functional groups attached to an aromatic ring is 1. The lowest BCUT2D eigenvalue weighted by Gasteiger charge is -2.08. The second kappa shape index (κ2) is 5.16. The number of hydrogen-bond acceptors (Lipinski definition) is 5. The summed E-state index contributed by atoms with van der Waals surface area (Å²) in [5.41, 5.74) is 6.09. The van der Waals surface area contributed by atoms with E-state index in [1.165, 1.54) is 12.1 Å². The van der Waals surface area contributed by atoms with Crippen molar-refractivity contribution in [1.29, 1.82) is 0 Å². The van der Waals surface area contributed by atoms with Crippen LogP contribution in [0.4, 0.5) is 10.8 Å². The number of hydrogen-bond donors (Lipinski definition) is 2. The van der Waals surface area contributed by atoms with E-state index >= 15 is 0 Å². The summed E-state index contributed by atoms with van der Waals surface area (Å²) < 4.78 is 26.8. The highest BCUT2D eigenvalue weighted by molar-refractivity contribution is 7.94. The van der Waals surface area contributed by atoms with Crippen LogP contribution in [0.2, 0.25) is 10.0 Å². The second-order valence-corrected chi connectivity index (χ2v) is 7.41. The largest absolute Gasteiger partial charge is 0.375 e. The van der Waals surface area contributed by atoms with Crippen molar-refractivity contribution in [2.45, 2.75) is 11.1 Å². The quantitative estimate of drug-likeness (QED) is 0.900. The molecule has 1 heterocycles. The molecule has 9 heteroatoms. The third-order valence-electron chi connectivity index (χ3n) is 2.19. The molecule has 1 aromatic carbocycles. The van der Waals surface area contributed by atoms with Crippen molar-refractivity contribution < 1.29 is 8.42 Å². The number of aromatic nitrogens is 1. The molecule has 0 radical (unpaired) electrons. The molecule has 0 aliphatic heterocycles. The number of nitrogens with two attached hydrogens (primary N) is 1. The monoisotopic (exact) mass is 337 g/mol. The van der Waals surface area contributed by atoms with Gasteiger partial charge < -0.3 is 5.73 Å². The standard InChI is InChI=1S/C10H9Cl2N3O2S2/c1-5-9(18-10(13)14-5)19(16,17)15-8-3-2-6(11)4-7(8)12/h2-4,15H,1H3,(H2,13,14). The summed E-state index contributed by atoms with van der Waals surface area (Å²) in [4.78, 5) is 3.88. The van der Waals surface area contributed by atoms with Gasteiger partial charge in [-0.3, -0.25) is 4.72 Å². The Morgan fingerprint density at radius 3 is 2.58 bits per heavy atom. The second-order valence-electron chi connectivity index (χ2n) is 3.65. The summed E-state index contributed by atoms with van der Waals surface area (Å²) in [7, 11) is -3.76. The molecule has 3 N–H and O–H groups in total. The molecule has 0 fully saturated rings. The minimum atomic E-state index is -3.76. The van der Waals surface area contributed by atoms with Gasteiger partial charge in [-0.05, 0) is 25.1 Å². The maximum absolute atomic E-state index is 12.2. The zero-order valence-electron chi connectivity index (χ0n) is 9.65. The molecule has 0 spiro atoms. The Balaban J connectivity index is 2.39. The van der Waals surface area contributed by atoms with Gasteiger partial charge in [0.15, 0.2) is 9.34 Å². The summed E-state index contributed by atoms with van der Waals surface area (Å²) in [5.74, 6) is 0. The van der Waals surface area contributed by atoms with E-state index < -0.39 is 10.0 Å². The first-order valence-corrected chi connectivity index (χ1v) is 8.06. The van der Waals surface area contributed by atoms with Crippen molar-refractivity contribution in [2.75, 3.05) is 10.5 Å². The minimum Gasteiger partial charge on any atom is -0.375 e. The smallest absolute Gasteiger partial charge is 0.273 e. The SMILES string of the molecule is Cc1nc(N)sc1S(=O)(=O)Nc1ccc(Cl)cc1Cl. The fourth-order valence-corrected chi connectivity index (χ4v) is 4.31. The number of anilines is 2. The molecule has 0 aliphatic carbocycles. The molecular formula is C10H9Cl2N3O2S2. The van der Waals surface area contributed by atoms with Gasteiger partial charge >= 0.3 is 0 Å². The number of aryl methyl sites for hydroxylation is 1. The Hall–Kier alpha value is -1.02. The van der Waals surface area contributed by atoms with E-state index in [0.717, 1.165) is 11.3 Å². The van der Waals surface area contributed by atoms with Gasteiger partial charge in [0.1, 0.15) is 0 Å². The summed E-state index contributed by atoms with van der Waals surface area (Å²) in [6, 6.07) is 4.48. The first-order chi connectivity index (χ1) is 8.79. The van der Waals surface area contributed by atoms with E-state index in [1.54, 1.807) is 13.0 Å². The molecule has 0 atom stereocenters. The minimum absolute atomic E-state index is 0.0658. The van der Waals surface area contributed by atoms with E-state index in [0.29, 0.717) is 10.7 Å². The number of sulfonamides is 1. The Kier molecular flexibility index (Phi) is 3.91. The topological polar surface area (TPSA) is 85.1 Å². The predicted octanol–water partition coefficient (Wildman–Crippen LogP) is 3.14. The number of rotatable bonds is 3. The molecule has 19 heavy (non-hydrogen) atoms. The van der Waals surface area contributed by atoms with Crippen LogP contribution < -0.4 is 10.5 Å². The molecule has 102 valence electrons. The molecule has 0 aliphatic rings. The molecule has 2 rings (SSSR count). The molecule has 0 amide bonds. The molecule has 0 saturated carbocycles. The summed E-state index contributed by atoms with van der Waals surface area (Å²) in [6.45, 7) is 1.57. The van der Waals surface area contributed by atoms with Gasteiger partial charge in [0.2, 0.25) is 0 Å². The Bertz CT molecular complexity index is 728. The van der Waals surface area contributed by atoms with E-state index in [2.05, 4.69) is 9.71 Å². The number of benzene rings is 1. The van der Waals surface area contributed by atoms with Crippen molar-refractivity contribution in [3.8, 4) is 0 Å². The normalized spacial score (nSPS) is 11.5. The van der Waals surface area contributed by atoms with Gasteiger partial charge in [-0.25, -0.2) is 13.4 Å². The molecule has 0 unspecified atom stereocenters. The van der Waals surface area contributed by atoms with Crippen LogP contribution in [0.1, 0.15) is 5.69 Å². The fourth-order valence-electron chi connectivity index (χ4n) is 1.42. The summed E-state index contributed by atoms with van der Waals surface area (Å²) >= 11 is 12.6. The molecule has 5 nitrogen and oxygen atoms in total. The lowest BCUT2D eigenvalue weighted by Crippen LogP contribution is -2.13. The Morgan fingerprint density at radius 1 is 1.37 bits per heavy atom. The number of nitrogens with one attached hydrogen (secondary N) is 1. The van der Waals surface area contributed by atoms with E-state index in [4.69, 9.17) is 28.9 Å². The molecular weight excluding hydrogens is 329 g/mol. The van der Waals surface area contributed by atoms with E-state index in [9.17, 15) is 8.42 Å². The lowest BCUT2D eigenvalue weighted by molar-refractivity contribution is 0.602. The van der Waals surface area contributed by atoms with Crippen LogP contribution in [0.3, 0.4) is 0 Å². The first kappa shape index (κ1) is 14.4. The zero-order valence-corrected chi connectivity index (χ0v) is 12.8. The van der Waals surface area contributed by atoms with Gasteiger partial charge in [-0.15, -0.1) is 0 Å². The van der Waals surface area contributed by atoms with Crippen molar-refractivity contribution in [3.63, 3.8) is 0 Å². The summed E-state index contributed by atoms with van der Waals surface area (Å²) in [6.07, 6.45) is 0. The van der Waals surface area contributed by atoms with E-state index in [1.807, 2.05) is 0 Å². The molecule has 0 bridgehead atoms. The third-order valence-corrected chi connectivity index (χ3v) is 5.70. The zero-order chi connectivity index (χ0) is 14.2.